The molecule has 0 unspecified atom stereocenters. The second-order valence-electron chi connectivity index (χ2n) is 5.07. The number of nitrogens with one attached hydrogen (secondary N) is 1. The van der Waals surface area contributed by atoms with Gasteiger partial charge in [0, 0.05) is 16.1 Å². The highest BCUT2D eigenvalue weighted by Crippen LogP contribution is 2.27. The van der Waals surface area contributed by atoms with Crippen LogP contribution in [0.4, 0.5) is 5.69 Å². The highest BCUT2D eigenvalue weighted by Gasteiger charge is 2.16. The van der Waals surface area contributed by atoms with Crippen LogP contribution in [0.2, 0.25) is 10.0 Å². The van der Waals surface area contributed by atoms with E-state index < -0.39 is 17.5 Å². The molecule has 0 fully saturated rings. The van der Waals surface area contributed by atoms with E-state index in [1.54, 1.807) is 0 Å². The summed E-state index contributed by atoms with van der Waals surface area (Å²) >= 11 is 11.9. The Labute approximate surface area is 150 Å². The zero-order valence-corrected chi connectivity index (χ0v) is 13.9. The van der Waals surface area contributed by atoms with Gasteiger partial charge in [-0.2, -0.15) is 0 Å². The van der Waals surface area contributed by atoms with E-state index in [-0.39, 0.29) is 21.7 Å². The van der Waals surface area contributed by atoms with Crippen molar-refractivity contribution >= 4 is 51.7 Å². The molecule has 1 amide bonds. The van der Waals surface area contributed by atoms with Gasteiger partial charge in [0.2, 0.25) is 0 Å². The topological polar surface area (TPSA) is 99.4 Å². The number of hydrogen-bond donors (Lipinski definition) is 1. The number of carbonyl (C=O) groups excluding carboxylic acids is 2. The van der Waals surface area contributed by atoms with Gasteiger partial charge in [-0.3, -0.25) is 4.79 Å². The Balaban J connectivity index is 1.95. The van der Waals surface area contributed by atoms with E-state index in [9.17, 15) is 19.5 Å². The van der Waals surface area contributed by atoms with E-state index in [1.165, 1.54) is 42.5 Å². The van der Waals surface area contributed by atoms with Gasteiger partial charge in [0.15, 0.2) is 5.58 Å². The van der Waals surface area contributed by atoms with Crippen molar-refractivity contribution in [3.8, 4) is 0 Å². The van der Waals surface area contributed by atoms with Gasteiger partial charge in [-0.05, 0) is 35.9 Å². The molecule has 3 rings (SSSR count). The van der Waals surface area contributed by atoms with Crippen molar-refractivity contribution in [1.82, 2.24) is 0 Å². The van der Waals surface area contributed by atoms with E-state index in [0.29, 0.717) is 16.1 Å². The summed E-state index contributed by atoms with van der Waals surface area (Å²) in [5, 5.41) is 14.1. The van der Waals surface area contributed by atoms with Gasteiger partial charge < -0.3 is 19.6 Å². The first kappa shape index (κ1) is 17.0. The van der Waals surface area contributed by atoms with E-state index in [2.05, 4.69) is 5.32 Å². The van der Waals surface area contributed by atoms with Gasteiger partial charge in [-0.25, -0.2) is 4.79 Å². The predicted molar refractivity (Wildman–Crippen MR) is 91.2 cm³/mol. The Hall–Kier alpha value is -2.83. The van der Waals surface area contributed by atoms with Crippen LogP contribution < -0.4 is 16.0 Å². The summed E-state index contributed by atoms with van der Waals surface area (Å²) in [5.74, 6) is -2.05. The number of carboxylic acid groups (broad SMARTS) is 1. The summed E-state index contributed by atoms with van der Waals surface area (Å²) < 4.78 is 5.10. The summed E-state index contributed by atoms with van der Waals surface area (Å²) in [6.07, 6.45) is 0. The van der Waals surface area contributed by atoms with Crippen molar-refractivity contribution < 1.29 is 19.1 Å². The fourth-order valence-electron chi connectivity index (χ4n) is 2.20. The summed E-state index contributed by atoms with van der Waals surface area (Å²) in [5.41, 5.74) is -0.701. The molecule has 1 heterocycles. The SMILES string of the molecule is O=C([O-])c1ccc(NC(=O)c2cc3cc(Cl)cc(Cl)c3oc2=O)cc1. The molecule has 25 heavy (non-hydrogen) atoms. The normalized spacial score (nSPS) is 10.6. The Bertz CT molecular complexity index is 1060. The van der Waals surface area contributed by atoms with Crippen LogP contribution in [0.15, 0.2) is 51.7 Å². The van der Waals surface area contributed by atoms with Crippen molar-refractivity contribution in [3.63, 3.8) is 0 Å². The largest absolute Gasteiger partial charge is 0.545 e. The van der Waals surface area contributed by atoms with Crippen molar-refractivity contribution in [1.29, 1.82) is 0 Å². The van der Waals surface area contributed by atoms with Gasteiger partial charge in [-0.15, -0.1) is 0 Å². The maximum atomic E-state index is 12.3. The number of benzene rings is 2. The third-order valence-corrected chi connectivity index (χ3v) is 3.87. The number of amides is 1. The minimum Gasteiger partial charge on any atom is -0.545 e. The fraction of sp³-hybridized carbons (Fsp3) is 0. The molecule has 0 aliphatic heterocycles. The average molecular weight is 377 g/mol. The van der Waals surface area contributed by atoms with Crippen molar-refractivity contribution in [2.24, 2.45) is 0 Å². The number of fused-ring (bicyclic) bond motifs is 1. The number of anilines is 1. The van der Waals surface area contributed by atoms with E-state index >= 15 is 0 Å². The molecular formula is C17H8Cl2NO5-. The molecular weight excluding hydrogens is 369 g/mol. The summed E-state index contributed by atoms with van der Waals surface area (Å²) in [4.78, 5) is 35.0. The van der Waals surface area contributed by atoms with Gasteiger partial charge >= 0.3 is 5.63 Å². The van der Waals surface area contributed by atoms with Gasteiger partial charge in [0.05, 0.1) is 11.0 Å². The maximum Gasteiger partial charge on any atom is 0.349 e. The molecule has 1 aromatic heterocycles. The quantitative estimate of drug-likeness (QED) is 0.708. The van der Waals surface area contributed by atoms with E-state index in [4.69, 9.17) is 27.6 Å². The Morgan fingerprint density at radius 1 is 1.04 bits per heavy atom. The van der Waals surface area contributed by atoms with Gasteiger partial charge in [-0.1, -0.05) is 35.3 Å². The standard InChI is InChI=1S/C17H9Cl2NO5/c18-10-5-9-6-12(17(24)25-14(9)13(19)7-10)15(21)20-11-3-1-8(2-4-11)16(22)23/h1-7H,(H,20,21)(H,22,23)/p-1. The fourth-order valence-corrected chi connectivity index (χ4v) is 2.75. The lowest BCUT2D eigenvalue weighted by molar-refractivity contribution is -0.255. The zero-order chi connectivity index (χ0) is 18.1. The number of hydrogen-bond acceptors (Lipinski definition) is 5. The molecule has 8 heteroatoms. The monoisotopic (exact) mass is 376 g/mol. The molecule has 1 N–H and O–H groups in total. The number of rotatable bonds is 3. The minimum absolute atomic E-state index is 0.0347. The van der Waals surface area contributed by atoms with Crippen LogP contribution in [0.1, 0.15) is 20.7 Å². The van der Waals surface area contributed by atoms with Crippen molar-refractivity contribution in [2.45, 2.75) is 0 Å². The molecule has 3 aromatic rings. The van der Waals surface area contributed by atoms with Crippen LogP contribution in [0.25, 0.3) is 11.0 Å². The molecule has 0 aliphatic carbocycles. The molecule has 0 saturated carbocycles. The minimum atomic E-state index is -1.33. The first-order valence-corrected chi connectivity index (χ1v) is 7.66. The Morgan fingerprint density at radius 3 is 2.36 bits per heavy atom. The summed E-state index contributed by atoms with van der Waals surface area (Å²) in [6.45, 7) is 0. The number of aromatic carboxylic acids is 1. The molecule has 126 valence electrons. The van der Waals surface area contributed by atoms with E-state index in [0.717, 1.165) is 0 Å². The van der Waals surface area contributed by atoms with E-state index in [1.807, 2.05) is 0 Å². The third-order valence-electron chi connectivity index (χ3n) is 3.37. The number of carboxylic acids is 1. The molecule has 0 radical (unpaired) electrons. The number of halogens is 2. The molecule has 0 saturated heterocycles. The zero-order valence-electron chi connectivity index (χ0n) is 12.3. The Morgan fingerprint density at radius 2 is 1.72 bits per heavy atom. The predicted octanol–water partition coefficient (Wildman–Crippen LogP) is 2.72. The third kappa shape index (κ3) is 3.50. The first-order valence-electron chi connectivity index (χ1n) is 6.91. The second kappa shape index (κ2) is 6.58. The van der Waals surface area contributed by atoms with Gasteiger partial charge in [0.1, 0.15) is 5.56 Å². The van der Waals surface area contributed by atoms with Crippen LogP contribution in [0.5, 0.6) is 0 Å². The Kier molecular flexibility index (Phi) is 4.48. The van der Waals surface area contributed by atoms with Crippen LogP contribution in [-0.2, 0) is 0 Å². The average Bonchev–Trinajstić information content (AvgIpc) is 2.55. The summed E-state index contributed by atoms with van der Waals surface area (Å²) in [7, 11) is 0. The lowest BCUT2D eigenvalue weighted by Crippen LogP contribution is -2.22. The molecule has 0 spiro atoms. The second-order valence-corrected chi connectivity index (χ2v) is 5.92. The van der Waals surface area contributed by atoms with Gasteiger partial charge in [0.25, 0.3) is 5.91 Å². The molecule has 2 aromatic carbocycles. The smallest absolute Gasteiger partial charge is 0.349 e. The van der Waals surface area contributed by atoms with Crippen molar-refractivity contribution in [2.75, 3.05) is 5.32 Å². The number of carbonyl (C=O) groups is 2. The molecule has 6 nitrogen and oxygen atoms in total. The highest BCUT2D eigenvalue weighted by atomic mass is 35.5. The lowest BCUT2D eigenvalue weighted by atomic mass is 10.1. The van der Waals surface area contributed by atoms with Crippen LogP contribution in [-0.4, -0.2) is 11.9 Å². The molecule has 0 aliphatic rings. The molecule has 0 bridgehead atoms. The van der Waals surface area contributed by atoms with Crippen LogP contribution in [0, 0.1) is 0 Å². The lowest BCUT2D eigenvalue weighted by Gasteiger charge is -2.07. The van der Waals surface area contributed by atoms with Crippen LogP contribution in [0.3, 0.4) is 0 Å². The highest BCUT2D eigenvalue weighted by molar-refractivity contribution is 6.38. The summed E-state index contributed by atoms with van der Waals surface area (Å²) in [6, 6.07) is 9.55. The van der Waals surface area contributed by atoms with Crippen LogP contribution >= 0.6 is 23.2 Å². The molecule has 0 atom stereocenters. The first-order chi connectivity index (χ1) is 11.8. The maximum absolute atomic E-state index is 12.3. The van der Waals surface area contributed by atoms with Crippen molar-refractivity contribution in [3.05, 3.63) is 74.1 Å².